The molecule has 0 fully saturated rings. The SMILES string of the molecule is CC(C)(C)c1coc2cc(Br)ccc12. The van der Waals surface area contributed by atoms with Crippen molar-refractivity contribution in [1.82, 2.24) is 0 Å². The van der Waals surface area contributed by atoms with Crippen molar-refractivity contribution >= 4 is 26.9 Å². The lowest BCUT2D eigenvalue weighted by Gasteiger charge is -2.16. The maximum atomic E-state index is 5.53. The topological polar surface area (TPSA) is 13.1 Å². The molecular weight excluding hydrogens is 240 g/mol. The molecule has 74 valence electrons. The van der Waals surface area contributed by atoms with E-state index in [-0.39, 0.29) is 5.41 Å². The van der Waals surface area contributed by atoms with Crippen LogP contribution >= 0.6 is 15.9 Å². The molecule has 14 heavy (non-hydrogen) atoms. The molecule has 0 aliphatic heterocycles. The maximum Gasteiger partial charge on any atom is 0.135 e. The van der Waals surface area contributed by atoms with Crippen molar-refractivity contribution in [1.29, 1.82) is 0 Å². The van der Waals surface area contributed by atoms with E-state index < -0.39 is 0 Å². The lowest BCUT2D eigenvalue weighted by Crippen LogP contribution is -2.09. The second kappa shape index (κ2) is 3.13. The van der Waals surface area contributed by atoms with Gasteiger partial charge in [0.1, 0.15) is 5.58 Å². The molecule has 0 atom stereocenters. The largest absolute Gasteiger partial charge is 0.464 e. The lowest BCUT2D eigenvalue weighted by atomic mass is 9.87. The first-order chi connectivity index (χ1) is 6.48. The van der Waals surface area contributed by atoms with Crippen molar-refractivity contribution in [2.24, 2.45) is 0 Å². The van der Waals surface area contributed by atoms with Gasteiger partial charge in [0.25, 0.3) is 0 Å². The van der Waals surface area contributed by atoms with Gasteiger partial charge in [-0.1, -0.05) is 36.7 Å². The molecule has 0 spiro atoms. The molecule has 0 aliphatic rings. The van der Waals surface area contributed by atoms with E-state index in [4.69, 9.17) is 4.42 Å². The Morgan fingerprint density at radius 2 is 1.93 bits per heavy atom. The first kappa shape index (κ1) is 9.78. The highest BCUT2D eigenvalue weighted by molar-refractivity contribution is 9.10. The summed E-state index contributed by atoms with van der Waals surface area (Å²) in [5.41, 5.74) is 2.35. The summed E-state index contributed by atoms with van der Waals surface area (Å²) in [5.74, 6) is 0. The number of furan rings is 1. The Morgan fingerprint density at radius 1 is 1.21 bits per heavy atom. The highest BCUT2D eigenvalue weighted by Crippen LogP contribution is 2.32. The number of fused-ring (bicyclic) bond motifs is 1. The molecular formula is C12H13BrO. The molecule has 0 N–H and O–H groups in total. The number of benzene rings is 1. The summed E-state index contributed by atoms with van der Waals surface area (Å²) < 4.78 is 6.58. The Kier molecular flexibility index (Phi) is 2.18. The zero-order valence-corrected chi connectivity index (χ0v) is 10.2. The molecule has 0 unspecified atom stereocenters. The Bertz CT molecular complexity index is 463. The minimum atomic E-state index is 0.138. The van der Waals surface area contributed by atoms with E-state index in [1.807, 2.05) is 18.4 Å². The van der Waals surface area contributed by atoms with Crippen LogP contribution in [0.4, 0.5) is 0 Å². The van der Waals surface area contributed by atoms with E-state index in [9.17, 15) is 0 Å². The van der Waals surface area contributed by atoms with Gasteiger partial charge in [0.05, 0.1) is 6.26 Å². The molecule has 1 nitrogen and oxygen atoms in total. The van der Waals surface area contributed by atoms with Gasteiger partial charge in [0, 0.05) is 15.4 Å². The number of hydrogen-bond acceptors (Lipinski definition) is 1. The monoisotopic (exact) mass is 252 g/mol. The van der Waals surface area contributed by atoms with Gasteiger partial charge in [-0.15, -0.1) is 0 Å². The molecule has 0 aliphatic carbocycles. The average Bonchev–Trinajstić information content (AvgIpc) is 2.45. The fourth-order valence-electron chi connectivity index (χ4n) is 1.58. The van der Waals surface area contributed by atoms with Crippen molar-refractivity contribution < 1.29 is 4.42 Å². The van der Waals surface area contributed by atoms with Gasteiger partial charge in [0.2, 0.25) is 0 Å². The average molecular weight is 253 g/mol. The second-order valence-electron chi connectivity index (χ2n) is 4.54. The normalized spacial score (nSPS) is 12.3. The molecule has 2 heteroatoms. The first-order valence-corrected chi connectivity index (χ1v) is 5.45. The van der Waals surface area contributed by atoms with Gasteiger partial charge >= 0.3 is 0 Å². The Balaban J connectivity index is 2.70. The van der Waals surface area contributed by atoms with Gasteiger partial charge in [-0.3, -0.25) is 0 Å². The van der Waals surface area contributed by atoms with Crippen LogP contribution in [-0.2, 0) is 5.41 Å². The molecule has 0 saturated heterocycles. The zero-order chi connectivity index (χ0) is 10.3. The minimum absolute atomic E-state index is 0.138. The Labute approximate surface area is 92.2 Å². The third kappa shape index (κ3) is 1.59. The quantitative estimate of drug-likeness (QED) is 0.674. The highest BCUT2D eigenvalue weighted by atomic mass is 79.9. The van der Waals surface area contributed by atoms with Gasteiger partial charge in [-0.05, 0) is 23.6 Å². The van der Waals surface area contributed by atoms with Crippen LogP contribution in [0.15, 0.2) is 33.4 Å². The smallest absolute Gasteiger partial charge is 0.135 e. The van der Waals surface area contributed by atoms with E-state index in [1.54, 1.807) is 0 Å². The van der Waals surface area contributed by atoms with Crippen LogP contribution in [0, 0.1) is 0 Å². The predicted octanol–water partition coefficient (Wildman–Crippen LogP) is 4.49. The van der Waals surface area contributed by atoms with Crippen molar-refractivity contribution in [3.8, 4) is 0 Å². The molecule has 0 amide bonds. The van der Waals surface area contributed by atoms with Crippen LogP contribution in [0.2, 0.25) is 0 Å². The lowest BCUT2D eigenvalue weighted by molar-refractivity contribution is 0.557. The van der Waals surface area contributed by atoms with Crippen LogP contribution in [0.3, 0.4) is 0 Å². The number of halogens is 1. The van der Waals surface area contributed by atoms with Crippen molar-refractivity contribution in [3.63, 3.8) is 0 Å². The number of hydrogen-bond donors (Lipinski definition) is 0. The maximum absolute atomic E-state index is 5.53. The fraction of sp³-hybridized carbons (Fsp3) is 0.333. The predicted molar refractivity (Wildman–Crippen MR) is 62.6 cm³/mol. The summed E-state index contributed by atoms with van der Waals surface area (Å²) in [5, 5.41) is 1.21. The summed E-state index contributed by atoms with van der Waals surface area (Å²) in [4.78, 5) is 0. The summed E-state index contributed by atoms with van der Waals surface area (Å²) in [7, 11) is 0. The molecule has 1 aromatic heterocycles. The highest BCUT2D eigenvalue weighted by Gasteiger charge is 2.19. The van der Waals surface area contributed by atoms with Crippen LogP contribution < -0.4 is 0 Å². The summed E-state index contributed by atoms with van der Waals surface area (Å²) in [6, 6.07) is 6.15. The van der Waals surface area contributed by atoms with E-state index >= 15 is 0 Å². The number of rotatable bonds is 0. The Morgan fingerprint density at radius 3 is 2.57 bits per heavy atom. The van der Waals surface area contributed by atoms with Crippen LogP contribution in [0.1, 0.15) is 26.3 Å². The molecule has 0 bridgehead atoms. The standard InChI is InChI=1S/C12H13BrO/c1-12(2,3)10-7-14-11-6-8(13)4-5-9(10)11/h4-7H,1-3H3. The van der Waals surface area contributed by atoms with E-state index in [1.165, 1.54) is 10.9 Å². The summed E-state index contributed by atoms with van der Waals surface area (Å²) in [6.07, 6.45) is 1.86. The molecule has 2 rings (SSSR count). The van der Waals surface area contributed by atoms with Gasteiger partial charge in [0.15, 0.2) is 0 Å². The third-order valence-electron chi connectivity index (χ3n) is 2.35. The molecule has 1 aromatic carbocycles. The Hall–Kier alpha value is -0.760. The molecule has 0 radical (unpaired) electrons. The van der Waals surface area contributed by atoms with Gasteiger partial charge in [-0.2, -0.15) is 0 Å². The molecule has 0 saturated carbocycles. The van der Waals surface area contributed by atoms with Crippen LogP contribution in [-0.4, -0.2) is 0 Å². The van der Waals surface area contributed by atoms with Crippen molar-refractivity contribution in [2.45, 2.75) is 26.2 Å². The van der Waals surface area contributed by atoms with Crippen molar-refractivity contribution in [3.05, 3.63) is 34.5 Å². The molecule has 1 heterocycles. The van der Waals surface area contributed by atoms with E-state index in [0.717, 1.165) is 10.1 Å². The third-order valence-corrected chi connectivity index (χ3v) is 2.84. The van der Waals surface area contributed by atoms with E-state index in [0.29, 0.717) is 0 Å². The summed E-state index contributed by atoms with van der Waals surface area (Å²) >= 11 is 3.43. The molecule has 2 aromatic rings. The fourth-order valence-corrected chi connectivity index (χ4v) is 1.92. The van der Waals surface area contributed by atoms with E-state index in [2.05, 4.69) is 42.8 Å². The zero-order valence-electron chi connectivity index (χ0n) is 8.60. The first-order valence-electron chi connectivity index (χ1n) is 4.66. The second-order valence-corrected chi connectivity index (χ2v) is 5.46. The van der Waals surface area contributed by atoms with Crippen molar-refractivity contribution in [2.75, 3.05) is 0 Å². The van der Waals surface area contributed by atoms with Gasteiger partial charge < -0.3 is 4.42 Å². The van der Waals surface area contributed by atoms with Gasteiger partial charge in [-0.25, -0.2) is 0 Å². The van der Waals surface area contributed by atoms with Crippen LogP contribution in [0.25, 0.3) is 11.0 Å². The minimum Gasteiger partial charge on any atom is -0.464 e. The van der Waals surface area contributed by atoms with Crippen LogP contribution in [0.5, 0.6) is 0 Å². The summed E-state index contributed by atoms with van der Waals surface area (Å²) in [6.45, 7) is 6.58.